The third-order valence-electron chi connectivity index (χ3n) is 3.65. The van der Waals surface area contributed by atoms with Crippen molar-refractivity contribution in [3.63, 3.8) is 0 Å². The summed E-state index contributed by atoms with van der Waals surface area (Å²) < 4.78 is 0. The lowest BCUT2D eigenvalue weighted by Gasteiger charge is -2.20. The predicted molar refractivity (Wildman–Crippen MR) is 87.1 cm³/mol. The summed E-state index contributed by atoms with van der Waals surface area (Å²) in [5.41, 5.74) is 5.17. The molecule has 0 bridgehead atoms. The average Bonchev–Trinajstić information content (AvgIpc) is 2.37. The fraction of sp³-hybridized carbons (Fsp3) is 0.421. The molecule has 2 aromatic rings. The first-order valence-corrected chi connectivity index (χ1v) is 7.25. The zero-order chi connectivity index (χ0) is 15.0. The lowest BCUT2D eigenvalue weighted by molar-refractivity contribution is 0.587. The number of nitrogens with zero attached hydrogens (tertiary/aromatic N) is 1. The van der Waals surface area contributed by atoms with Crippen molar-refractivity contribution in [2.75, 3.05) is 0 Å². The minimum absolute atomic E-state index is 0.152. The topological polar surface area (TPSA) is 12.9 Å². The summed E-state index contributed by atoms with van der Waals surface area (Å²) >= 11 is 0. The standard InChI is InChI=1S/C19H25N/c1-18(2,3)15-9-7-8-14(12-15)17-11-10-16(13-20-17)19(4,5)6/h7-13H,1-6H3. The van der Waals surface area contributed by atoms with Gasteiger partial charge in [0.1, 0.15) is 0 Å². The van der Waals surface area contributed by atoms with Gasteiger partial charge in [0.05, 0.1) is 5.69 Å². The minimum atomic E-state index is 0.152. The Labute approximate surface area is 123 Å². The van der Waals surface area contributed by atoms with Crippen molar-refractivity contribution in [3.05, 3.63) is 53.7 Å². The maximum atomic E-state index is 4.64. The predicted octanol–water partition coefficient (Wildman–Crippen LogP) is 5.34. The molecule has 0 saturated heterocycles. The number of benzene rings is 1. The zero-order valence-electron chi connectivity index (χ0n) is 13.5. The quantitative estimate of drug-likeness (QED) is 0.679. The van der Waals surface area contributed by atoms with Crippen molar-refractivity contribution in [2.24, 2.45) is 0 Å². The lowest BCUT2D eigenvalue weighted by atomic mass is 9.85. The van der Waals surface area contributed by atoms with E-state index in [1.54, 1.807) is 0 Å². The molecule has 0 atom stereocenters. The van der Waals surface area contributed by atoms with Crippen LogP contribution in [-0.4, -0.2) is 4.98 Å². The maximum absolute atomic E-state index is 4.64. The van der Waals surface area contributed by atoms with Crippen LogP contribution in [0, 0.1) is 0 Å². The second kappa shape index (κ2) is 5.05. The zero-order valence-corrected chi connectivity index (χ0v) is 13.5. The molecule has 0 amide bonds. The van der Waals surface area contributed by atoms with E-state index in [9.17, 15) is 0 Å². The monoisotopic (exact) mass is 267 g/mol. The van der Waals surface area contributed by atoms with Crippen molar-refractivity contribution in [3.8, 4) is 11.3 Å². The second-order valence-electron chi connectivity index (χ2n) is 7.51. The highest BCUT2D eigenvalue weighted by Crippen LogP contribution is 2.28. The summed E-state index contributed by atoms with van der Waals surface area (Å²) in [5.74, 6) is 0. The highest BCUT2D eigenvalue weighted by molar-refractivity contribution is 5.60. The Kier molecular flexibility index (Phi) is 3.73. The van der Waals surface area contributed by atoms with Gasteiger partial charge in [0, 0.05) is 11.8 Å². The van der Waals surface area contributed by atoms with Gasteiger partial charge >= 0.3 is 0 Å². The van der Waals surface area contributed by atoms with E-state index in [2.05, 4.69) is 82.9 Å². The summed E-state index contributed by atoms with van der Waals surface area (Å²) in [6.07, 6.45) is 2.00. The van der Waals surface area contributed by atoms with Crippen LogP contribution in [0.15, 0.2) is 42.6 Å². The van der Waals surface area contributed by atoms with Gasteiger partial charge in [0.25, 0.3) is 0 Å². The van der Waals surface area contributed by atoms with Gasteiger partial charge in [-0.25, -0.2) is 0 Å². The molecule has 0 spiro atoms. The highest BCUT2D eigenvalue weighted by atomic mass is 14.7. The second-order valence-corrected chi connectivity index (χ2v) is 7.51. The molecule has 0 radical (unpaired) electrons. The van der Waals surface area contributed by atoms with Gasteiger partial charge < -0.3 is 0 Å². The molecule has 20 heavy (non-hydrogen) atoms. The molecule has 0 aliphatic heterocycles. The highest BCUT2D eigenvalue weighted by Gasteiger charge is 2.16. The normalized spacial score (nSPS) is 12.5. The number of hydrogen-bond acceptors (Lipinski definition) is 1. The number of rotatable bonds is 1. The Morgan fingerprint density at radius 2 is 1.40 bits per heavy atom. The largest absolute Gasteiger partial charge is 0.256 e. The molecule has 1 aromatic heterocycles. The van der Waals surface area contributed by atoms with E-state index in [0.29, 0.717) is 0 Å². The van der Waals surface area contributed by atoms with Crippen molar-refractivity contribution in [1.82, 2.24) is 4.98 Å². The number of pyridine rings is 1. The molecule has 0 saturated carbocycles. The van der Waals surface area contributed by atoms with Crippen molar-refractivity contribution >= 4 is 0 Å². The van der Waals surface area contributed by atoms with E-state index in [-0.39, 0.29) is 10.8 Å². The van der Waals surface area contributed by atoms with E-state index in [4.69, 9.17) is 0 Å². The molecule has 0 aliphatic carbocycles. The molecule has 106 valence electrons. The number of hydrogen-bond donors (Lipinski definition) is 0. The average molecular weight is 267 g/mol. The fourth-order valence-electron chi connectivity index (χ4n) is 2.15. The van der Waals surface area contributed by atoms with Crippen molar-refractivity contribution in [2.45, 2.75) is 52.4 Å². The van der Waals surface area contributed by atoms with Gasteiger partial charge in [-0.3, -0.25) is 4.98 Å². The van der Waals surface area contributed by atoms with E-state index < -0.39 is 0 Å². The van der Waals surface area contributed by atoms with Gasteiger partial charge in [0.2, 0.25) is 0 Å². The Morgan fingerprint density at radius 3 is 1.90 bits per heavy atom. The molecule has 0 unspecified atom stereocenters. The SMILES string of the molecule is CC(C)(C)c1ccc(-c2cccc(C(C)(C)C)c2)nc1. The molecule has 1 nitrogen and oxygen atoms in total. The first kappa shape index (κ1) is 14.8. The third-order valence-corrected chi connectivity index (χ3v) is 3.65. The van der Waals surface area contributed by atoms with Crippen molar-refractivity contribution < 1.29 is 0 Å². The van der Waals surface area contributed by atoms with Crippen LogP contribution in [0.1, 0.15) is 52.7 Å². The Balaban J connectivity index is 2.38. The molecular weight excluding hydrogens is 242 g/mol. The number of aromatic nitrogens is 1. The summed E-state index contributed by atoms with van der Waals surface area (Å²) in [6, 6.07) is 13.0. The minimum Gasteiger partial charge on any atom is -0.256 e. The summed E-state index contributed by atoms with van der Waals surface area (Å²) in [6.45, 7) is 13.4. The molecule has 2 rings (SSSR count). The van der Waals surface area contributed by atoms with Gasteiger partial charge in [-0.05, 0) is 34.1 Å². The van der Waals surface area contributed by atoms with Crippen LogP contribution >= 0.6 is 0 Å². The van der Waals surface area contributed by atoms with Crippen LogP contribution in [0.5, 0.6) is 0 Å². The van der Waals surface area contributed by atoms with Crippen LogP contribution in [0.4, 0.5) is 0 Å². The molecule has 1 heteroatoms. The van der Waals surface area contributed by atoms with E-state index in [0.717, 1.165) is 5.69 Å². The van der Waals surface area contributed by atoms with Crippen LogP contribution in [0.25, 0.3) is 11.3 Å². The van der Waals surface area contributed by atoms with Crippen LogP contribution in [0.3, 0.4) is 0 Å². The van der Waals surface area contributed by atoms with Crippen LogP contribution < -0.4 is 0 Å². The lowest BCUT2D eigenvalue weighted by Crippen LogP contribution is -2.11. The summed E-state index contributed by atoms with van der Waals surface area (Å²) in [5, 5.41) is 0. The maximum Gasteiger partial charge on any atom is 0.0702 e. The molecule has 0 N–H and O–H groups in total. The summed E-state index contributed by atoms with van der Waals surface area (Å²) in [7, 11) is 0. The van der Waals surface area contributed by atoms with Crippen molar-refractivity contribution in [1.29, 1.82) is 0 Å². The summed E-state index contributed by atoms with van der Waals surface area (Å²) in [4.78, 5) is 4.64. The van der Waals surface area contributed by atoms with Gasteiger partial charge in [-0.1, -0.05) is 65.8 Å². The van der Waals surface area contributed by atoms with Crippen LogP contribution in [-0.2, 0) is 10.8 Å². The Bertz CT molecular complexity index is 580. The van der Waals surface area contributed by atoms with Gasteiger partial charge in [-0.2, -0.15) is 0 Å². The van der Waals surface area contributed by atoms with E-state index >= 15 is 0 Å². The fourth-order valence-corrected chi connectivity index (χ4v) is 2.15. The Morgan fingerprint density at radius 1 is 0.750 bits per heavy atom. The molecule has 0 fully saturated rings. The third kappa shape index (κ3) is 3.27. The van der Waals surface area contributed by atoms with E-state index in [1.165, 1.54) is 16.7 Å². The molecule has 0 aliphatic rings. The first-order valence-electron chi connectivity index (χ1n) is 7.25. The molecule has 1 heterocycles. The Hall–Kier alpha value is -1.63. The van der Waals surface area contributed by atoms with E-state index in [1.807, 2.05) is 6.20 Å². The van der Waals surface area contributed by atoms with Gasteiger partial charge in [0.15, 0.2) is 0 Å². The smallest absolute Gasteiger partial charge is 0.0702 e. The van der Waals surface area contributed by atoms with Gasteiger partial charge in [-0.15, -0.1) is 0 Å². The molecular formula is C19H25N. The van der Waals surface area contributed by atoms with Crippen LogP contribution in [0.2, 0.25) is 0 Å². The molecule has 1 aromatic carbocycles. The first-order chi connectivity index (χ1) is 9.18.